The van der Waals surface area contributed by atoms with Crippen LogP contribution in [0.4, 0.5) is 4.39 Å². The minimum Gasteiger partial charge on any atom is -0.411 e. The lowest BCUT2D eigenvalue weighted by atomic mass is 10.2. The standard InChI is InChI=1S/C17H14BrFN2O3S2/c18-13-4-2-12(3-5-13)16-20-21-17(24-16)25-10-1-11-26(22,23)15-8-6-14(19)7-9-15/h2-9H,1,10-11H2. The van der Waals surface area contributed by atoms with Crippen LogP contribution in [0, 0.1) is 5.82 Å². The smallest absolute Gasteiger partial charge is 0.276 e. The van der Waals surface area contributed by atoms with E-state index >= 15 is 0 Å². The average molecular weight is 457 g/mol. The van der Waals surface area contributed by atoms with Gasteiger partial charge >= 0.3 is 0 Å². The van der Waals surface area contributed by atoms with Crippen molar-refractivity contribution in [1.82, 2.24) is 10.2 Å². The molecule has 1 aromatic heterocycles. The van der Waals surface area contributed by atoms with Crippen molar-refractivity contribution in [2.75, 3.05) is 11.5 Å². The van der Waals surface area contributed by atoms with E-state index in [2.05, 4.69) is 26.1 Å². The van der Waals surface area contributed by atoms with E-state index in [1.807, 2.05) is 24.3 Å². The first-order valence-electron chi connectivity index (χ1n) is 7.65. The van der Waals surface area contributed by atoms with E-state index in [-0.39, 0.29) is 10.6 Å². The van der Waals surface area contributed by atoms with Crippen molar-refractivity contribution < 1.29 is 17.2 Å². The summed E-state index contributed by atoms with van der Waals surface area (Å²) >= 11 is 4.67. The second kappa shape index (κ2) is 8.32. The summed E-state index contributed by atoms with van der Waals surface area (Å²) in [5.74, 6) is 0.443. The summed E-state index contributed by atoms with van der Waals surface area (Å²) in [5, 5.41) is 8.34. The minimum atomic E-state index is -3.42. The van der Waals surface area contributed by atoms with Crippen LogP contribution >= 0.6 is 27.7 Å². The molecular formula is C17H14BrFN2O3S2. The quantitative estimate of drug-likeness (QED) is 0.294. The molecule has 0 atom stereocenters. The first kappa shape index (κ1) is 19.1. The second-order valence-electron chi connectivity index (χ2n) is 5.35. The number of rotatable bonds is 7. The van der Waals surface area contributed by atoms with E-state index in [4.69, 9.17) is 4.42 Å². The highest BCUT2D eigenvalue weighted by Crippen LogP contribution is 2.25. The molecule has 3 aromatic rings. The summed E-state index contributed by atoms with van der Waals surface area (Å²) in [4.78, 5) is 0.124. The maximum Gasteiger partial charge on any atom is 0.276 e. The second-order valence-corrected chi connectivity index (χ2v) is 9.43. The predicted octanol–water partition coefficient (Wildman–Crippen LogP) is 4.59. The molecule has 0 saturated carbocycles. The summed E-state index contributed by atoms with van der Waals surface area (Å²) in [7, 11) is -3.42. The lowest BCUT2D eigenvalue weighted by molar-refractivity contribution is 0.466. The molecular weight excluding hydrogens is 443 g/mol. The molecule has 0 aliphatic rings. The monoisotopic (exact) mass is 456 g/mol. The van der Waals surface area contributed by atoms with E-state index in [0.717, 1.165) is 22.2 Å². The van der Waals surface area contributed by atoms with Gasteiger partial charge in [-0.05, 0) is 55.0 Å². The maximum atomic E-state index is 12.9. The Bertz CT molecular complexity index is 974. The third kappa shape index (κ3) is 4.93. The molecule has 0 saturated heterocycles. The topological polar surface area (TPSA) is 73.1 Å². The number of benzene rings is 2. The van der Waals surface area contributed by atoms with Crippen molar-refractivity contribution in [3.63, 3.8) is 0 Å². The van der Waals surface area contributed by atoms with E-state index in [0.29, 0.717) is 23.3 Å². The molecule has 0 N–H and O–H groups in total. The largest absolute Gasteiger partial charge is 0.411 e. The molecule has 0 aliphatic carbocycles. The van der Waals surface area contributed by atoms with Gasteiger partial charge in [0.05, 0.1) is 10.6 Å². The van der Waals surface area contributed by atoms with Crippen LogP contribution in [0.15, 0.2) is 67.5 Å². The molecule has 0 aliphatic heterocycles. The highest BCUT2D eigenvalue weighted by atomic mass is 79.9. The van der Waals surface area contributed by atoms with Gasteiger partial charge in [0.1, 0.15) is 5.82 Å². The number of sulfone groups is 1. The van der Waals surface area contributed by atoms with Gasteiger partial charge in [-0.25, -0.2) is 12.8 Å². The van der Waals surface area contributed by atoms with Crippen LogP contribution in [0.1, 0.15) is 6.42 Å². The van der Waals surface area contributed by atoms with E-state index < -0.39 is 15.7 Å². The van der Waals surface area contributed by atoms with Crippen LogP contribution in [0.25, 0.3) is 11.5 Å². The van der Waals surface area contributed by atoms with E-state index in [1.54, 1.807) is 0 Å². The molecule has 0 bridgehead atoms. The van der Waals surface area contributed by atoms with E-state index in [1.165, 1.54) is 23.9 Å². The van der Waals surface area contributed by atoms with Gasteiger partial charge in [-0.3, -0.25) is 0 Å². The third-order valence-electron chi connectivity index (χ3n) is 3.45. The normalized spacial score (nSPS) is 11.6. The van der Waals surface area contributed by atoms with Gasteiger partial charge < -0.3 is 4.42 Å². The Balaban J connectivity index is 1.52. The Kier molecular flexibility index (Phi) is 6.10. The molecule has 136 valence electrons. The highest BCUT2D eigenvalue weighted by Gasteiger charge is 2.15. The molecule has 1 heterocycles. The Morgan fingerprint density at radius 1 is 1.04 bits per heavy atom. The predicted molar refractivity (Wildman–Crippen MR) is 101 cm³/mol. The molecule has 3 rings (SSSR count). The molecule has 2 aromatic carbocycles. The van der Waals surface area contributed by atoms with Crippen molar-refractivity contribution in [2.24, 2.45) is 0 Å². The number of halogens is 2. The molecule has 0 radical (unpaired) electrons. The van der Waals surface area contributed by atoms with Crippen LogP contribution in [0.2, 0.25) is 0 Å². The molecule has 0 unspecified atom stereocenters. The van der Waals surface area contributed by atoms with Crippen LogP contribution in [0.5, 0.6) is 0 Å². The fourth-order valence-corrected chi connectivity index (χ4v) is 4.60. The van der Waals surface area contributed by atoms with Gasteiger partial charge in [0.2, 0.25) is 5.89 Å². The van der Waals surface area contributed by atoms with Crippen LogP contribution < -0.4 is 0 Å². The highest BCUT2D eigenvalue weighted by molar-refractivity contribution is 9.10. The third-order valence-corrected chi connectivity index (χ3v) is 6.70. The number of hydrogen-bond donors (Lipinski definition) is 0. The van der Waals surface area contributed by atoms with Gasteiger partial charge in [0, 0.05) is 15.8 Å². The molecule has 26 heavy (non-hydrogen) atoms. The van der Waals surface area contributed by atoms with Gasteiger partial charge in [-0.2, -0.15) is 0 Å². The Morgan fingerprint density at radius 3 is 2.42 bits per heavy atom. The van der Waals surface area contributed by atoms with Crippen molar-refractivity contribution in [2.45, 2.75) is 16.5 Å². The summed E-state index contributed by atoms with van der Waals surface area (Å²) in [6, 6.07) is 12.3. The van der Waals surface area contributed by atoms with Gasteiger partial charge in [-0.15, -0.1) is 10.2 Å². The van der Waals surface area contributed by atoms with Crippen molar-refractivity contribution >= 4 is 37.5 Å². The van der Waals surface area contributed by atoms with Crippen LogP contribution in [0.3, 0.4) is 0 Å². The van der Waals surface area contributed by atoms with Crippen LogP contribution in [-0.4, -0.2) is 30.1 Å². The first-order valence-corrected chi connectivity index (χ1v) is 11.1. The zero-order chi connectivity index (χ0) is 18.6. The SMILES string of the molecule is O=S(=O)(CCCSc1nnc(-c2ccc(Br)cc2)o1)c1ccc(F)cc1. The summed E-state index contributed by atoms with van der Waals surface area (Å²) in [6.45, 7) is 0. The van der Waals surface area contributed by atoms with Crippen molar-refractivity contribution in [1.29, 1.82) is 0 Å². The minimum absolute atomic E-state index is 0.0284. The molecule has 0 amide bonds. The first-order chi connectivity index (χ1) is 12.4. The zero-order valence-corrected chi connectivity index (χ0v) is 16.7. The zero-order valence-electron chi connectivity index (χ0n) is 13.4. The Labute approximate surface area is 163 Å². The van der Waals surface area contributed by atoms with Gasteiger partial charge in [0.15, 0.2) is 9.84 Å². The fraction of sp³-hybridized carbons (Fsp3) is 0.176. The lowest BCUT2D eigenvalue weighted by Crippen LogP contribution is -2.07. The Hall–Kier alpha value is -1.71. The van der Waals surface area contributed by atoms with Crippen molar-refractivity contribution in [3.8, 4) is 11.5 Å². The lowest BCUT2D eigenvalue weighted by Gasteiger charge is -2.03. The fourth-order valence-electron chi connectivity index (χ4n) is 2.15. The van der Waals surface area contributed by atoms with Crippen molar-refractivity contribution in [3.05, 3.63) is 58.8 Å². The number of nitrogens with zero attached hydrogens (tertiary/aromatic N) is 2. The van der Waals surface area contributed by atoms with Crippen LogP contribution in [-0.2, 0) is 9.84 Å². The number of thioether (sulfide) groups is 1. The summed E-state index contributed by atoms with van der Waals surface area (Å²) in [6.07, 6.45) is 0.417. The molecule has 0 fully saturated rings. The van der Waals surface area contributed by atoms with E-state index in [9.17, 15) is 12.8 Å². The summed E-state index contributed by atoms with van der Waals surface area (Å²) in [5.41, 5.74) is 0.812. The average Bonchev–Trinajstić information content (AvgIpc) is 3.09. The Morgan fingerprint density at radius 2 is 1.73 bits per heavy atom. The molecule has 0 spiro atoms. The number of hydrogen-bond acceptors (Lipinski definition) is 6. The number of aromatic nitrogens is 2. The van der Waals surface area contributed by atoms with Gasteiger partial charge in [-0.1, -0.05) is 27.7 Å². The maximum absolute atomic E-state index is 12.9. The molecule has 5 nitrogen and oxygen atoms in total. The van der Waals surface area contributed by atoms with Gasteiger partial charge in [0.25, 0.3) is 5.22 Å². The summed E-state index contributed by atoms with van der Waals surface area (Å²) < 4.78 is 43.8. The molecule has 9 heteroatoms.